The van der Waals surface area contributed by atoms with Gasteiger partial charge in [0.25, 0.3) is 0 Å². The summed E-state index contributed by atoms with van der Waals surface area (Å²) in [6.07, 6.45) is 2.44. The van der Waals surface area contributed by atoms with E-state index in [1.54, 1.807) is 12.1 Å². The minimum atomic E-state index is -3.33. The normalized spacial score (nSPS) is 14.5. The molecule has 0 bridgehead atoms. The van der Waals surface area contributed by atoms with Crippen LogP contribution in [0.2, 0.25) is 0 Å². The van der Waals surface area contributed by atoms with Crippen LogP contribution in [-0.4, -0.2) is 31.6 Å². The molecule has 1 aromatic rings. The summed E-state index contributed by atoms with van der Waals surface area (Å²) in [5, 5.41) is 5.07. The molecule has 1 aliphatic rings. The molecule has 0 radical (unpaired) electrons. The van der Waals surface area contributed by atoms with Gasteiger partial charge in [0, 0.05) is 28.9 Å². The largest absolute Gasteiger partial charge is 0.323 e. The third-order valence-electron chi connectivity index (χ3n) is 2.38. The standard InChI is InChI=1S/C12H13N3O4S2/c1-21(18,19)15-9-4-2-8(3-5-9)13-12(17)14-10-6-11(16)20-7-10/h2-6,15H,7H2,1H3,(H2,13,14,17). The van der Waals surface area contributed by atoms with Crippen LogP contribution in [-0.2, 0) is 14.8 Å². The molecule has 0 spiro atoms. The van der Waals surface area contributed by atoms with Gasteiger partial charge in [0.2, 0.25) is 15.1 Å². The van der Waals surface area contributed by atoms with E-state index in [1.165, 1.54) is 18.2 Å². The number of carbonyl (C=O) groups is 2. The summed E-state index contributed by atoms with van der Waals surface area (Å²) < 4.78 is 24.4. The van der Waals surface area contributed by atoms with E-state index in [4.69, 9.17) is 0 Å². The second kappa shape index (κ2) is 6.19. The summed E-state index contributed by atoms with van der Waals surface area (Å²) in [5.74, 6) is 0.448. The number of benzene rings is 1. The van der Waals surface area contributed by atoms with E-state index in [-0.39, 0.29) is 5.12 Å². The SMILES string of the molecule is CS(=O)(=O)Nc1ccc(NC(=O)NC2=CC(=O)SC2)cc1. The quantitative estimate of drug-likeness (QED) is 0.774. The van der Waals surface area contributed by atoms with Gasteiger partial charge < -0.3 is 10.6 Å². The molecule has 1 aromatic carbocycles. The highest BCUT2D eigenvalue weighted by Crippen LogP contribution is 2.17. The van der Waals surface area contributed by atoms with Crippen molar-refractivity contribution in [2.45, 2.75) is 0 Å². The van der Waals surface area contributed by atoms with E-state index in [9.17, 15) is 18.0 Å². The lowest BCUT2D eigenvalue weighted by Crippen LogP contribution is -2.28. The number of sulfonamides is 1. The predicted octanol–water partition coefficient (Wildman–Crippen LogP) is 1.34. The molecule has 2 amide bonds. The first kappa shape index (κ1) is 15.4. The van der Waals surface area contributed by atoms with Crippen molar-refractivity contribution in [1.82, 2.24) is 5.32 Å². The lowest BCUT2D eigenvalue weighted by atomic mass is 10.3. The van der Waals surface area contributed by atoms with Gasteiger partial charge in [0.05, 0.1) is 6.26 Å². The average molecular weight is 327 g/mol. The van der Waals surface area contributed by atoms with Crippen LogP contribution in [0.15, 0.2) is 36.0 Å². The number of urea groups is 1. The maximum Gasteiger partial charge on any atom is 0.323 e. The highest BCUT2D eigenvalue weighted by molar-refractivity contribution is 8.14. The maximum atomic E-state index is 11.7. The molecule has 9 heteroatoms. The van der Waals surface area contributed by atoms with Crippen molar-refractivity contribution in [3.63, 3.8) is 0 Å². The van der Waals surface area contributed by atoms with Crippen LogP contribution in [0, 0.1) is 0 Å². The highest BCUT2D eigenvalue weighted by atomic mass is 32.2. The Morgan fingerprint density at radius 3 is 2.29 bits per heavy atom. The zero-order valence-electron chi connectivity index (χ0n) is 11.0. The van der Waals surface area contributed by atoms with E-state index in [2.05, 4.69) is 15.4 Å². The van der Waals surface area contributed by atoms with Gasteiger partial charge in [-0.2, -0.15) is 0 Å². The topological polar surface area (TPSA) is 104 Å². The Bertz CT molecular complexity index is 696. The molecule has 0 aliphatic carbocycles. The number of hydrogen-bond acceptors (Lipinski definition) is 5. The van der Waals surface area contributed by atoms with E-state index in [0.717, 1.165) is 18.0 Å². The first-order valence-corrected chi connectivity index (χ1v) is 8.73. The van der Waals surface area contributed by atoms with E-state index in [0.29, 0.717) is 22.8 Å². The van der Waals surface area contributed by atoms with Gasteiger partial charge in [0.15, 0.2) is 0 Å². The zero-order chi connectivity index (χ0) is 15.5. The molecule has 0 atom stereocenters. The van der Waals surface area contributed by atoms with Gasteiger partial charge in [-0.05, 0) is 24.3 Å². The summed E-state index contributed by atoms with van der Waals surface area (Å²) >= 11 is 1.12. The molecule has 7 nitrogen and oxygen atoms in total. The molecule has 0 unspecified atom stereocenters. The third-order valence-corrected chi connectivity index (χ3v) is 3.85. The molecule has 0 saturated carbocycles. The van der Waals surface area contributed by atoms with Crippen LogP contribution >= 0.6 is 11.8 Å². The van der Waals surface area contributed by atoms with Crippen LogP contribution in [0.25, 0.3) is 0 Å². The molecular weight excluding hydrogens is 314 g/mol. The summed E-state index contributed by atoms with van der Waals surface area (Å²) in [6.45, 7) is 0. The second-order valence-corrected chi connectivity index (χ2v) is 7.04. The van der Waals surface area contributed by atoms with Crippen molar-refractivity contribution < 1.29 is 18.0 Å². The maximum absolute atomic E-state index is 11.7. The predicted molar refractivity (Wildman–Crippen MR) is 82.6 cm³/mol. The molecular formula is C12H13N3O4S2. The molecule has 0 aromatic heterocycles. The molecule has 1 heterocycles. The lowest BCUT2D eigenvalue weighted by Gasteiger charge is -2.09. The van der Waals surface area contributed by atoms with Crippen molar-refractivity contribution in [2.24, 2.45) is 0 Å². The van der Waals surface area contributed by atoms with E-state index < -0.39 is 16.1 Å². The Balaban J connectivity index is 1.92. The summed E-state index contributed by atoms with van der Waals surface area (Å²) in [4.78, 5) is 22.7. The fourth-order valence-electron chi connectivity index (χ4n) is 1.59. The Hall–Kier alpha value is -2.00. The van der Waals surface area contributed by atoms with Crippen LogP contribution < -0.4 is 15.4 Å². The lowest BCUT2D eigenvalue weighted by molar-refractivity contribution is -0.106. The van der Waals surface area contributed by atoms with Crippen molar-refractivity contribution in [2.75, 3.05) is 22.0 Å². The third kappa shape index (κ3) is 5.12. The molecule has 3 N–H and O–H groups in total. The molecule has 0 saturated heterocycles. The average Bonchev–Trinajstić information content (AvgIpc) is 2.75. The zero-order valence-corrected chi connectivity index (χ0v) is 12.7. The molecule has 1 aliphatic heterocycles. The van der Waals surface area contributed by atoms with Crippen LogP contribution in [0.1, 0.15) is 0 Å². The molecule has 0 fully saturated rings. The Kier molecular flexibility index (Phi) is 4.53. The number of nitrogens with one attached hydrogen (secondary N) is 3. The minimum Gasteiger partial charge on any atom is -0.310 e. The monoisotopic (exact) mass is 327 g/mol. The summed E-state index contributed by atoms with van der Waals surface area (Å²) in [5.41, 5.74) is 1.46. The van der Waals surface area contributed by atoms with E-state index >= 15 is 0 Å². The second-order valence-electron chi connectivity index (χ2n) is 4.31. The Morgan fingerprint density at radius 1 is 1.14 bits per heavy atom. The number of anilines is 2. The first-order valence-electron chi connectivity index (χ1n) is 5.85. The fraction of sp³-hybridized carbons (Fsp3) is 0.167. The van der Waals surface area contributed by atoms with Crippen LogP contribution in [0.4, 0.5) is 16.2 Å². The number of hydrogen-bond donors (Lipinski definition) is 3. The number of thioether (sulfide) groups is 1. The van der Waals surface area contributed by atoms with Crippen molar-refractivity contribution >= 4 is 44.3 Å². The Labute approximate surface area is 126 Å². The highest BCUT2D eigenvalue weighted by Gasteiger charge is 2.14. The summed E-state index contributed by atoms with van der Waals surface area (Å²) in [7, 11) is -3.33. The van der Waals surface area contributed by atoms with Gasteiger partial charge >= 0.3 is 6.03 Å². The minimum absolute atomic E-state index is 0.0819. The van der Waals surface area contributed by atoms with Crippen molar-refractivity contribution in [1.29, 1.82) is 0 Å². The van der Waals surface area contributed by atoms with Gasteiger partial charge in [-0.1, -0.05) is 11.8 Å². The number of carbonyl (C=O) groups excluding carboxylic acids is 2. The molecule has 112 valence electrons. The van der Waals surface area contributed by atoms with Gasteiger partial charge in [-0.25, -0.2) is 13.2 Å². The van der Waals surface area contributed by atoms with Crippen molar-refractivity contribution in [3.05, 3.63) is 36.0 Å². The fourth-order valence-corrected chi connectivity index (χ4v) is 2.83. The Morgan fingerprint density at radius 2 is 1.76 bits per heavy atom. The van der Waals surface area contributed by atoms with Crippen LogP contribution in [0.5, 0.6) is 0 Å². The van der Waals surface area contributed by atoms with Crippen LogP contribution in [0.3, 0.4) is 0 Å². The molecule has 2 rings (SSSR count). The number of amides is 2. The molecule has 21 heavy (non-hydrogen) atoms. The van der Waals surface area contributed by atoms with Gasteiger partial charge in [0.1, 0.15) is 0 Å². The van der Waals surface area contributed by atoms with E-state index in [1.807, 2.05) is 0 Å². The smallest absolute Gasteiger partial charge is 0.310 e. The summed E-state index contributed by atoms with van der Waals surface area (Å²) in [6, 6.07) is 5.74. The van der Waals surface area contributed by atoms with Gasteiger partial charge in [-0.3, -0.25) is 9.52 Å². The first-order chi connectivity index (χ1) is 9.82. The van der Waals surface area contributed by atoms with Crippen molar-refractivity contribution in [3.8, 4) is 0 Å². The van der Waals surface area contributed by atoms with Gasteiger partial charge in [-0.15, -0.1) is 0 Å². The number of rotatable bonds is 4.